The first-order valence-electron chi connectivity index (χ1n) is 7.70. The lowest BCUT2D eigenvalue weighted by Crippen LogP contribution is -2.36. The van der Waals surface area contributed by atoms with E-state index in [-0.39, 0.29) is 6.04 Å². The summed E-state index contributed by atoms with van der Waals surface area (Å²) in [4.78, 5) is 0.401. The van der Waals surface area contributed by atoms with Gasteiger partial charge in [0.1, 0.15) is 0 Å². The third-order valence-corrected chi connectivity index (χ3v) is 6.23. The van der Waals surface area contributed by atoms with E-state index >= 15 is 0 Å². The van der Waals surface area contributed by atoms with Gasteiger partial charge in [-0.15, -0.1) is 0 Å². The van der Waals surface area contributed by atoms with Gasteiger partial charge >= 0.3 is 0 Å². The fraction of sp³-hybridized carbons (Fsp3) is 0.333. The van der Waals surface area contributed by atoms with Crippen LogP contribution in [0.5, 0.6) is 0 Å². The summed E-state index contributed by atoms with van der Waals surface area (Å²) in [5.41, 5.74) is 2.26. The Bertz CT molecular complexity index is 723. The molecule has 3 nitrogen and oxygen atoms in total. The van der Waals surface area contributed by atoms with E-state index in [9.17, 15) is 8.42 Å². The number of aryl methyl sites for hydroxylation is 1. The average molecular weight is 315 g/mol. The highest BCUT2D eigenvalue weighted by atomic mass is 32.2. The van der Waals surface area contributed by atoms with Crippen molar-refractivity contribution in [1.29, 1.82) is 0 Å². The Hall–Kier alpha value is -1.65. The molecule has 0 saturated carbocycles. The molecule has 0 spiro atoms. The van der Waals surface area contributed by atoms with Crippen LogP contribution in [0.2, 0.25) is 0 Å². The first-order valence-corrected chi connectivity index (χ1v) is 9.14. The number of nitrogens with zero attached hydrogens (tertiary/aromatic N) is 1. The quantitative estimate of drug-likeness (QED) is 0.867. The molecular weight excluding hydrogens is 294 g/mol. The smallest absolute Gasteiger partial charge is 0.207 e. The van der Waals surface area contributed by atoms with Gasteiger partial charge in [-0.05, 0) is 43.9 Å². The monoisotopic (exact) mass is 315 g/mol. The van der Waals surface area contributed by atoms with E-state index in [0.717, 1.165) is 24.8 Å². The second-order valence-corrected chi connectivity index (χ2v) is 7.81. The zero-order valence-corrected chi connectivity index (χ0v) is 13.6. The molecule has 116 valence electrons. The molecule has 1 heterocycles. The predicted octanol–water partition coefficient (Wildman–Crippen LogP) is 3.39. The van der Waals surface area contributed by atoms with Crippen LogP contribution in [0.4, 0.5) is 0 Å². The van der Waals surface area contributed by atoms with Gasteiger partial charge in [0.05, 0.1) is 4.90 Å². The molecule has 2 aromatic carbocycles. The molecule has 2 aromatic rings. The van der Waals surface area contributed by atoms with Crippen LogP contribution >= 0.6 is 0 Å². The molecule has 1 aliphatic rings. The normalized spacial score (nSPS) is 19.4. The van der Waals surface area contributed by atoms with Crippen molar-refractivity contribution in [3.63, 3.8) is 0 Å². The average Bonchev–Trinajstić information content (AvgIpc) is 2.98. The number of hydrogen-bond acceptors (Lipinski definition) is 2. The highest BCUT2D eigenvalue weighted by molar-refractivity contribution is 7.89. The van der Waals surface area contributed by atoms with E-state index in [2.05, 4.69) is 12.1 Å². The summed E-state index contributed by atoms with van der Waals surface area (Å²) in [6.45, 7) is 2.58. The van der Waals surface area contributed by atoms with Crippen molar-refractivity contribution in [2.24, 2.45) is 0 Å². The molecule has 4 heteroatoms. The van der Waals surface area contributed by atoms with Crippen LogP contribution < -0.4 is 0 Å². The third-order valence-electron chi connectivity index (χ3n) is 4.26. The van der Waals surface area contributed by atoms with Gasteiger partial charge in [0.15, 0.2) is 0 Å². The van der Waals surface area contributed by atoms with Gasteiger partial charge in [-0.2, -0.15) is 4.31 Å². The minimum atomic E-state index is -3.39. The Morgan fingerprint density at radius 1 is 1.05 bits per heavy atom. The topological polar surface area (TPSA) is 37.4 Å². The largest absolute Gasteiger partial charge is 0.243 e. The van der Waals surface area contributed by atoms with Crippen molar-refractivity contribution in [1.82, 2.24) is 4.31 Å². The molecule has 0 aromatic heterocycles. The molecule has 1 atom stereocenters. The Labute approximate surface area is 132 Å². The summed E-state index contributed by atoms with van der Waals surface area (Å²) in [5, 5.41) is 0. The Morgan fingerprint density at radius 3 is 2.41 bits per heavy atom. The van der Waals surface area contributed by atoms with Crippen molar-refractivity contribution in [2.75, 3.05) is 6.54 Å². The maximum absolute atomic E-state index is 12.9. The molecule has 0 bridgehead atoms. The number of hydrogen-bond donors (Lipinski definition) is 0. The van der Waals surface area contributed by atoms with Gasteiger partial charge in [0.2, 0.25) is 10.0 Å². The maximum Gasteiger partial charge on any atom is 0.243 e. The maximum atomic E-state index is 12.9. The molecule has 0 aliphatic carbocycles. The summed E-state index contributed by atoms with van der Waals surface area (Å²) in [7, 11) is -3.39. The van der Waals surface area contributed by atoms with E-state index in [0.29, 0.717) is 11.4 Å². The SMILES string of the molecule is Cc1ccc(S(=O)(=O)N2CCC[C@@H]2Cc2ccccc2)cc1. The van der Waals surface area contributed by atoms with Gasteiger partial charge in [-0.3, -0.25) is 0 Å². The van der Waals surface area contributed by atoms with Crippen LogP contribution in [-0.2, 0) is 16.4 Å². The fourth-order valence-corrected chi connectivity index (χ4v) is 4.75. The predicted molar refractivity (Wildman–Crippen MR) is 88.2 cm³/mol. The highest BCUT2D eigenvalue weighted by Crippen LogP contribution is 2.28. The van der Waals surface area contributed by atoms with E-state index < -0.39 is 10.0 Å². The number of benzene rings is 2. The lowest BCUT2D eigenvalue weighted by atomic mass is 10.1. The molecule has 1 fully saturated rings. The second-order valence-electron chi connectivity index (χ2n) is 5.91. The van der Waals surface area contributed by atoms with Crippen LogP contribution in [0.15, 0.2) is 59.5 Å². The van der Waals surface area contributed by atoms with Gasteiger partial charge in [-0.25, -0.2) is 8.42 Å². The summed E-state index contributed by atoms with van der Waals surface area (Å²) < 4.78 is 27.4. The molecule has 0 unspecified atom stereocenters. The first-order chi connectivity index (χ1) is 10.6. The van der Waals surface area contributed by atoms with Gasteiger partial charge < -0.3 is 0 Å². The van der Waals surface area contributed by atoms with Crippen molar-refractivity contribution in [3.05, 3.63) is 65.7 Å². The van der Waals surface area contributed by atoms with Crippen LogP contribution in [0.25, 0.3) is 0 Å². The molecule has 3 rings (SSSR count). The van der Waals surface area contributed by atoms with Gasteiger partial charge in [0.25, 0.3) is 0 Å². The Balaban J connectivity index is 1.84. The van der Waals surface area contributed by atoms with Crippen molar-refractivity contribution in [3.8, 4) is 0 Å². The first kappa shape index (κ1) is 15.3. The van der Waals surface area contributed by atoms with Crippen molar-refractivity contribution in [2.45, 2.75) is 37.1 Å². The van der Waals surface area contributed by atoms with Crippen molar-refractivity contribution >= 4 is 10.0 Å². The number of sulfonamides is 1. The second kappa shape index (κ2) is 6.23. The van der Waals surface area contributed by atoms with Crippen molar-refractivity contribution < 1.29 is 8.42 Å². The van der Waals surface area contributed by atoms with Crippen LogP contribution in [0, 0.1) is 6.92 Å². The zero-order valence-electron chi connectivity index (χ0n) is 12.8. The molecule has 0 radical (unpaired) electrons. The highest BCUT2D eigenvalue weighted by Gasteiger charge is 2.35. The Kier molecular flexibility index (Phi) is 4.32. The van der Waals surface area contributed by atoms with E-state index in [1.54, 1.807) is 16.4 Å². The molecule has 0 N–H and O–H groups in total. The molecule has 0 amide bonds. The van der Waals surface area contributed by atoms with E-state index in [4.69, 9.17) is 0 Å². The molecular formula is C18H21NO2S. The molecule has 22 heavy (non-hydrogen) atoms. The van der Waals surface area contributed by atoms with E-state index in [1.807, 2.05) is 37.3 Å². The fourth-order valence-electron chi connectivity index (χ4n) is 3.06. The minimum absolute atomic E-state index is 0.0636. The lowest BCUT2D eigenvalue weighted by molar-refractivity contribution is 0.385. The minimum Gasteiger partial charge on any atom is -0.207 e. The summed E-state index contributed by atoms with van der Waals surface area (Å²) in [5.74, 6) is 0. The van der Waals surface area contributed by atoms with Crippen LogP contribution in [-0.4, -0.2) is 25.3 Å². The van der Waals surface area contributed by atoms with E-state index in [1.165, 1.54) is 5.56 Å². The Morgan fingerprint density at radius 2 is 1.73 bits per heavy atom. The molecule has 1 saturated heterocycles. The summed E-state index contributed by atoms with van der Waals surface area (Å²) in [6.07, 6.45) is 2.65. The standard InChI is InChI=1S/C18H21NO2S/c1-15-9-11-18(12-10-15)22(20,21)19-13-5-8-17(19)14-16-6-3-2-4-7-16/h2-4,6-7,9-12,17H,5,8,13-14H2,1H3/t17-/m1/s1. The van der Waals surface area contributed by atoms with Crippen LogP contribution in [0.1, 0.15) is 24.0 Å². The van der Waals surface area contributed by atoms with Crippen LogP contribution in [0.3, 0.4) is 0 Å². The van der Waals surface area contributed by atoms with Gasteiger partial charge in [0, 0.05) is 12.6 Å². The summed E-state index contributed by atoms with van der Waals surface area (Å²) >= 11 is 0. The zero-order chi connectivity index (χ0) is 15.6. The lowest BCUT2D eigenvalue weighted by Gasteiger charge is -2.24. The summed E-state index contributed by atoms with van der Waals surface area (Å²) in [6, 6.07) is 17.3. The third kappa shape index (κ3) is 3.08. The molecule has 1 aliphatic heterocycles. The number of rotatable bonds is 4. The van der Waals surface area contributed by atoms with Gasteiger partial charge in [-0.1, -0.05) is 48.0 Å².